The number of anilines is 2. The molecule has 2 rings (SSSR count). The molecular weight excluding hydrogens is 240 g/mol. The van der Waals surface area contributed by atoms with E-state index in [4.69, 9.17) is 10.5 Å². The van der Waals surface area contributed by atoms with Gasteiger partial charge in [0.15, 0.2) is 0 Å². The molecule has 4 nitrogen and oxygen atoms in total. The molecule has 1 heterocycles. The second-order valence-electron chi connectivity index (χ2n) is 5.31. The maximum absolute atomic E-state index is 12.1. The molecule has 2 N–H and O–H groups in total. The van der Waals surface area contributed by atoms with Crippen molar-refractivity contribution in [2.75, 3.05) is 23.8 Å². The van der Waals surface area contributed by atoms with E-state index in [9.17, 15) is 4.79 Å². The summed E-state index contributed by atoms with van der Waals surface area (Å²) in [5, 5.41) is 0. The normalized spacial score (nSPS) is 22.6. The van der Waals surface area contributed by atoms with Gasteiger partial charge < -0.3 is 15.4 Å². The summed E-state index contributed by atoms with van der Waals surface area (Å²) in [6.45, 7) is 7.51. The quantitative estimate of drug-likeness (QED) is 0.672. The Morgan fingerprint density at radius 3 is 2.79 bits per heavy atom. The third kappa shape index (κ3) is 2.67. The molecule has 0 radical (unpaired) electrons. The lowest BCUT2D eigenvalue weighted by molar-refractivity contribution is 0.0527. The number of nitrogen functional groups attached to an aromatic ring is 1. The van der Waals surface area contributed by atoms with Gasteiger partial charge in [-0.3, -0.25) is 0 Å². The molecule has 2 unspecified atom stereocenters. The third-order valence-electron chi connectivity index (χ3n) is 3.63. The molecule has 104 valence electrons. The first kappa shape index (κ1) is 13.7. The minimum atomic E-state index is -0.295. The summed E-state index contributed by atoms with van der Waals surface area (Å²) >= 11 is 0. The maximum atomic E-state index is 12.1. The summed E-state index contributed by atoms with van der Waals surface area (Å²) in [5.41, 5.74) is 8.14. The lowest BCUT2D eigenvalue weighted by Crippen LogP contribution is -2.29. The number of benzene rings is 1. The van der Waals surface area contributed by atoms with E-state index in [0.29, 0.717) is 29.8 Å². The lowest BCUT2D eigenvalue weighted by Gasteiger charge is -2.27. The molecule has 1 aliphatic rings. The van der Waals surface area contributed by atoms with Gasteiger partial charge >= 0.3 is 5.97 Å². The van der Waals surface area contributed by atoms with E-state index >= 15 is 0 Å². The van der Waals surface area contributed by atoms with E-state index in [-0.39, 0.29) is 5.97 Å². The number of hydrogen-bond donors (Lipinski definition) is 1. The van der Waals surface area contributed by atoms with Crippen molar-refractivity contribution in [1.29, 1.82) is 0 Å². The van der Waals surface area contributed by atoms with E-state index < -0.39 is 0 Å². The standard InChI is InChI=1S/C15H22N2O2/c1-4-19-15(18)12-6-5-7-13(16)14(12)17-9-10(2)8-11(17)3/h5-7,10-11H,4,8-9,16H2,1-3H3. The number of hydrogen-bond acceptors (Lipinski definition) is 4. The van der Waals surface area contributed by atoms with Crippen LogP contribution in [0.3, 0.4) is 0 Å². The molecular formula is C15H22N2O2. The van der Waals surface area contributed by atoms with Gasteiger partial charge in [0.1, 0.15) is 0 Å². The van der Waals surface area contributed by atoms with Gasteiger partial charge in [-0.05, 0) is 38.3 Å². The number of esters is 1. The van der Waals surface area contributed by atoms with Crippen molar-refractivity contribution in [3.8, 4) is 0 Å². The average molecular weight is 262 g/mol. The van der Waals surface area contributed by atoms with Crippen LogP contribution in [-0.2, 0) is 4.74 Å². The third-order valence-corrected chi connectivity index (χ3v) is 3.63. The fraction of sp³-hybridized carbons (Fsp3) is 0.533. The van der Waals surface area contributed by atoms with Crippen LogP contribution in [0.25, 0.3) is 0 Å². The number of rotatable bonds is 3. The molecule has 0 amide bonds. The van der Waals surface area contributed by atoms with Crippen LogP contribution >= 0.6 is 0 Å². The average Bonchev–Trinajstić information content (AvgIpc) is 2.68. The molecule has 1 saturated heterocycles. The van der Waals surface area contributed by atoms with Crippen molar-refractivity contribution in [1.82, 2.24) is 0 Å². The molecule has 4 heteroatoms. The highest BCUT2D eigenvalue weighted by molar-refractivity contribution is 5.99. The summed E-state index contributed by atoms with van der Waals surface area (Å²) in [7, 11) is 0. The van der Waals surface area contributed by atoms with E-state index in [1.807, 2.05) is 13.0 Å². The summed E-state index contributed by atoms with van der Waals surface area (Å²) in [4.78, 5) is 14.3. The van der Waals surface area contributed by atoms with Crippen LogP contribution in [-0.4, -0.2) is 25.2 Å². The molecule has 0 aromatic heterocycles. The highest BCUT2D eigenvalue weighted by atomic mass is 16.5. The molecule has 1 aromatic carbocycles. The van der Waals surface area contributed by atoms with Gasteiger partial charge in [0.25, 0.3) is 0 Å². The van der Waals surface area contributed by atoms with Crippen LogP contribution in [0.5, 0.6) is 0 Å². The molecule has 0 saturated carbocycles. The van der Waals surface area contributed by atoms with Crippen molar-refractivity contribution in [3.63, 3.8) is 0 Å². The minimum Gasteiger partial charge on any atom is -0.462 e. The molecule has 0 spiro atoms. The lowest BCUT2D eigenvalue weighted by atomic mass is 10.1. The highest BCUT2D eigenvalue weighted by Gasteiger charge is 2.30. The van der Waals surface area contributed by atoms with Crippen LogP contribution in [0, 0.1) is 5.92 Å². The molecule has 1 aliphatic heterocycles. The van der Waals surface area contributed by atoms with Gasteiger partial charge in [-0.1, -0.05) is 13.0 Å². The molecule has 0 aliphatic carbocycles. The van der Waals surface area contributed by atoms with Crippen molar-refractivity contribution in [2.45, 2.75) is 33.2 Å². The Kier molecular flexibility index (Phi) is 3.98. The first-order chi connectivity index (χ1) is 9.04. The Hall–Kier alpha value is -1.71. The number of carbonyl (C=O) groups is 1. The van der Waals surface area contributed by atoms with Gasteiger partial charge in [0.05, 0.1) is 23.5 Å². The SMILES string of the molecule is CCOC(=O)c1cccc(N)c1N1CC(C)CC1C. The zero-order valence-electron chi connectivity index (χ0n) is 11.8. The molecule has 1 fully saturated rings. The van der Waals surface area contributed by atoms with E-state index in [2.05, 4.69) is 18.7 Å². The van der Waals surface area contributed by atoms with Crippen molar-refractivity contribution in [2.24, 2.45) is 5.92 Å². The summed E-state index contributed by atoms with van der Waals surface area (Å²) in [5.74, 6) is 0.321. The van der Waals surface area contributed by atoms with Gasteiger partial charge in [0.2, 0.25) is 0 Å². The zero-order chi connectivity index (χ0) is 14.0. The summed E-state index contributed by atoms with van der Waals surface area (Å²) in [6.07, 6.45) is 1.12. The molecule has 0 bridgehead atoms. The first-order valence-electron chi connectivity index (χ1n) is 6.86. The largest absolute Gasteiger partial charge is 0.462 e. The molecule has 1 aromatic rings. The monoisotopic (exact) mass is 262 g/mol. The fourth-order valence-corrected chi connectivity index (χ4v) is 2.87. The van der Waals surface area contributed by atoms with Crippen LogP contribution in [0.4, 0.5) is 11.4 Å². The summed E-state index contributed by atoms with van der Waals surface area (Å²) < 4.78 is 5.12. The number of ether oxygens (including phenoxy) is 1. The molecule has 2 atom stereocenters. The minimum absolute atomic E-state index is 0.295. The Morgan fingerprint density at radius 1 is 1.47 bits per heavy atom. The summed E-state index contributed by atoms with van der Waals surface area (Å²) in [6, 6.07) is 5.83. The van der Waals surface area contributed by atoms with E-state index in [0.717, 1.165) is 18.7 Å². The second kappa shape index (κ2) is 5.51. The van der Waals surface area contributed by atoms with Crippen LogP contribution in [0.2, 0.25) is 0 Å². The predicted octanol–water partition coefficient (Wildman–Crippen LogP) is 2.68. The zero-order valence-corrected chi connectivity index (χ0v) is 11.8. The topological polar surface area (TPSA) is 55.6 Å². The Labute approximate surface area is 114 Å². The van der Waals surface area contributed by atoms with E-state index in [1.165, 1.54) is 0 Å². The first-order valence-corrected chi connectivity index (χ1v) is 6.86. The number of nitrogens with zero attached hydrogens (tertiary/aromatic N) is 1. The van der Waals surface area contributed by atoms with Gasteiger partial charge in [-0.2, -0.15) is 0 Å². The van der Waals surface area contributed by atoms with Crippen molar-refractivity contribution < 1.29 is 9.53 Å². The number of carbonyl (C=O) groups excluding carboxylic acids is 1. The van der Waals surface area contributed by atoms with Gasteiger partial charge in [-0.25, -0.2) is 4.79 Å². The Balaban J connectivity index is 2.41. The smallest absolute Gasteiger partial charge is 0.340 e. The van der Waals surface area contributed by atoms with Crippen LogP contribution in [0.1, 0.15) is 37.6 Å². The van der Waals surface area contributed by atoms with Crippen molar-refractivity contribution >= 4 is 17.3 Å². The number of nitrogens with two attached hydrogens (primary N) is 1. The highest BCUT2D eigenvalue weighted by Crippen LogP contribution is 2.35. The number of para-hydroxylation sites is 1. The fourth-order valence-electron chi connectivity index (χ4n) is 2.87. The maximum Gasteiger partial charge on any atom is 0.340 e. The van der Waals surface area contributed by atoms with Gasteiger partial charge in [0, 0.05) is 12.6 Å². The van der Waals surface area contributed by atoms with Crippen LogP contribution < -0.4 is 10.6 Å². The molecule has 19 heavy (non-hydrogen) atoms. The van der Waals surface area contributed by atoms with Crippen molar-refractivity contribution in [3.05, 3.63) is 23.8 Å². The second-order valence-corrected chi connectivity index (χ2v) is 5.31. The van der Waals surface area contributed by atoms with Crippen LogP contribution in [0.15, 0.2) is 18.2 Å². The Bertz CT molecular complexity index is 473. The van der Waals surface area contributed by atoms with E-state index in [1.54, 1.807) is 12.1 Å². The van der Waals surface area contributed by atoms with Gasteiger partial charge in [-0.15, -0.1) is 0 Å². The Morgan fingerprint density at radius 2 is 2.21 bits per heavy atom. The predicted molar refractivity (Wildman–Crippen MR) is 77.4 cm³/mol.